The lowest BCUT2D eigenvalue weighted by atomic mass is 10.2. The van der Waals surface area contributed by atoms with Crippen LogP contribution >= 0.6 is 24.0 Å². The van der Waals surface area contributed by atoms with E-state index < -0.39 is 0 Å². The molecule has 0 radical (unpaired) electrons. The summed E-state index contributed by atoms with van der Waals surface area (Å²) in [4.78, 5) is 8.88. The third-order valence-corrected chi connectivity index (χ3v) is 4.03. The number of nitrogens with zero attached hydrogens (tertiary/aromatic N) is 4. The quantitative estimate of drug-likeness (QED) is 0.192. The van der Waals surface area contributed by atoms with E-state index in [0.29, 0.717) is 24.1 Å². The first-order chi connectivity index (χ1) is 14.2. The molecule has 1 aromatic carbocycles. The van der Waals surface area contributed by atoms with E-state index in [0.717, 1.165) is 31.6 Å². The monoisotopic (exact) mass is 524 g/mol. The maximum absolute atomic E-state index is 13.4. The number of hydrogen-bond donors (Lipinski definition) is 2. The minimum atomic E-state index is -0.355. The van der Waals surface area contributed by atoms with Crippen molar-refractivity contribution in [2.75, 3.05) is 13.1 Å². The average Bonchev–Trinajstić information content (AvgIpc) is 3.24. The largest absolute Gasteiger partial charge is 0.439 e. The number of hydrogen-bond acceptors (Lipinski definition) is 4. The van der Waals surface area contributed by atoms with E-state index in [1.807, 2.05) is 36.0 Å². The molecule has 0 atom stereocenters. The van der Waals surface area contributed by atoms with Crippen molar-refractivity contribution in [2.45, 2.75) is 26.4 Å². The molecule has 0 spiro atoms. The van der Waals surface area contributed by atoms with Crippen LogP contribution in [0.4, 0.5) is 4.39 Å². The van der Waals surface area contributed by atoms with Gasteiger partial charge >= 0.3 is 0 Å². The number of nitrogens with one attached hydrogen (secondary N) is 2. The smallest absolute Gasteiger partial charge is 0.224 e. The number of pyridine rings is 1. The molecule has 0 aliphatic heterocycles. The second kappa shape index (κ2) is 12.8. The van der Waals surface area contributed by atoms with Crippen LogP contribution in [-0.2, 0) is 13.1 Å². The summed E-state index contributed by atoms with van der Waals surface area (Å²) < 4.78 is 21.1. The standard InChI is InChI=1S/C21H25FN6O.HI/c1-2-23-21(25-11-5-13-28-14-6-12-27-28)26-16-17-7-4-10-24-20(17)29-19-9-3-8-18(22)15-19;/h3-4,6-10,12,14-15H,2,5,11,13,16H2,1H3,(H2,23,25,26);1H. The van der Waals surface area contributed by atoms with E-state index in [4.69, 9.17) is 4.74 Å². The molecule has 2 N–H and O–H groups in total. The minimum Gasteiger partial charge on any atom is -0.439 e. The zero-order chi connectivity index (χ0) is 20.3. The lowest BCUT2D eigenvalue weighted by molar-refractivity contribution is 0.452. The van der Waals surface area contributed by atoms with E-state index in [1.54, 1.807) is 24.5 Å². The van der Waals surface area contributed by atoms with Gasteiger partial charge in [-0.05, 0) is 37.6 Å². The summed E-state index contributed by atoms with van der Waals surface area (Å²) in [5, 5.41) is 10.7. The predicted molar refractivity (Wildman–Crippen MR) is 126 cm³/mol. The molecule has 160 valence electrons. The number of benzene rings is 1. The molecule has 0 amide bonds. The van der Waals surface area contributed by atoms with Crippen molar-refractivity contribution in [3.05, 3.63) is 72.4 Å². The maximum Gasteiger partial charge on any atom is 0.224 e. The van der Waals surface area contributed by atoms with Crippen LogP contribution in [0.25, 0.3) is 0 Å². The molecule has 0 aliphatic carbocycles. The normalized spacial score (nSPS) is 10.9. The number of aliphatic imine (C=N–C) groups is 1. The highest BCUT2D eigenvalue weighted by Gasteiger charge is 2.07. The summed E-state index contributed by atoms with van der Waals surface area (Å²) in [6.07, 6.45) is 6.28. The Balaban J connectivity index is 0.00000320. The van der Waals surface area contributed by atoms with Gasteiger partial charge in [-0.3, -0.25) is 4.68 Å². The summed E-state index contributed by atoms with van der Waals surface area (Å²) in [5.41, 5.74) is 0.811. The Hall–Kier alpha value is -2.69. The zero-order valence-corrected chi connectivity index (χ0v) is 19.1. The van der Waals surface area contributed by atoms with E-state index in [1.165, 1.54) is 12.1 Å². The van der Waals surface area contributed by atoms with E-state index >= 15 is 0 Å². The average molecular weight is 524 g/mol. The molecule has 3 rings (SSSR count). The van der Waals surface area contributed by atoms with Crippen LogP contribution in [0.2, 0.25) is 0 Å². The molecular weight excluding hydrogens is 498 g/mol. The Bertz CT molecular complexity index is 919. The molecule has 0 saturated heterocycles. The number of ether oxygens (including phenoxy) is 1. The Morgan fingerprint density at radius 2 is 2.07 bits per heavy atom. The second-order valence-electron chi connectivity index (χ2n) is 6.27. The summed E-state index contributed by atoms with van der Waals surface area (Å²) in [5.74, 6) is 1.18. The van der Waals surface area contributed by atoms with Crippen LogP contribution in [0.15, 0.2) is 66.0 Å². The van der Waals surface area contributed by atoms with Crippen molar-refractivity contribution in [3.63, 3.8) is 0 Å². The second-order valence-corrected chi connectivity index (χ2v) is 6.27. The van der Waals surface area contributed by atoms with Gasteiger partial charge < -0.3 is 15.4 Å². The third kappa shape index (κ3) is 7.62. The van der Waals surface area contributed by atoms with Gasteiger partial charge in [0.25, 0.3) is 0 Å². The Kier molecular flexibility index (Phi) is 10.1. The van der Waals surface area contributed by atoms with Gasteiger partial charge in [-0.25, -0.2) is 14.4 Å². The number of halogens is 2. The molecule has 2 aromatic heterocycles. The lowest BCUT2D eigenvalue weighted by Crippen LogP contribution is -2.38. The Morgan fingerprint density at radius 3 is 2.83 bits per heavy atom. The predicted octanol–water partition coefficient (Wildman–Crippen LogP) is 3.97. The highest BCUT2D eigenvalue weighted by atomic mass is 127. The molecule has 9 heteroatoms. The molecule has 0 fully saturated rings. The molecule has 7 nitrogen and oxygen atoms in total. The number of aromatic nitrogens is 3. The minimum absolute atomic E-state index is 0. The summed E-state index contributed by atoms with van der Waals surface area (Å²) >= 11 is 0. The highest BCUT2D eigenvalue weighted by molar-refractivity contribution is 14.0. The van der Waals surface area contributed by atoms with Gasteiger partial charge in [0.15, 0.2) is 5.96 Å². The van der Waals surface area contributed by atoms with Crippen molar-refractivity contribution in [1.82, 2.24) is 25.4 Å². The highest BCUT2D eigenvalue weighted by Crippen LogP contribution is 2.23. The summed E-state index contributed by atoms with van der Waals surface area (Å²) in [7, 11) is 0. The Morgan fingerprint density at radius 1 is 1.17 bits per heavy atom. The molecule has 0 aliphatic rings. The fourth-order valence-corrected chi connectivity index (χ4v) is 2.67. The van der Waals surface area contributed by atoms with Crippen LogP contribution < -0.4 is 15.4 Å². The number of aryl methyl sites for hydroxylation is 1. The van der Waals surface area contributed by atoms with Gasteiger partial charge in [0.05, 0.1) is 6.54 Å². The van der Waals surface area contributed by atoms with Crippen molar-refractivity contribution in [1.29, 1.82) is 0 Å². The molecule has 0 saturated carbocycles. The topological polar surface area (TPSA) is 76.4 Å². The molecule has 0 bridgehead atoms. The van der Waals surface area contributed by atoms with Crippen molar-refractivity contribution in [2.24, 2.45) is 4.99 Å². The van der Waals surface area contributed by atoms with Crippen molar-refractivity contribution < 1.29 is 9.13 Å². The first kappa shape index (κ1) is 23.6. The first-order valence-corrected chi connectivity index (χ1v) is 9.61. The van der Waals surface area contributed by atoms with E-state index in [-0.39, 0.29) is 29.8 Å². The molecule has 2 heterocycles. The Labute approximate surface area is 192 Å². The SMILES string of the molecule is CCNC(=NCc1cccnc1Oc1cccc(F)c1)NCCCn1cccn1.I. The van der Waals surface area contributed by atoms with Crippen molar-refractivity contribution >= 4 is 29.9 Å². The van der Waals surface area contributed by atoms with Gasteiger partial charge in [0.2, 0.25) is 5.88 Å². The van der Waals surface area contributed by atoms with Gasteiger partial charge in [-0.1, -0.05) is 12.1 Å². The third-order valence-electron chi connectivity index (χ3n) is 4.03. The maximum atomic E-state index is 13.4. The van der Waals surface area contributed by atoms with Gasteiger partial charge in [-0.15, -0.1) is 24.0 Å². The van der Waals surface area contributed by atoms with Crippen LogP contribution in [0.5, 0.6) is 11.6 Å². The fraction of sp³-hybridized carbons (Fsp3) is 0.286. The van der Waals surface area contributed by atoms with Crippen LogP contribution in [-0.4, -0.2) is 33.8 Å². The summed E-state index contributed by atoms with van der Waals surface area (Å²) in [6, 6.07) is 11.6. The van der Waals surface area contributed by atoms with Crippen LogP contribution in [0, 0.1) is 5.82 Å². The van der Waals surface area contributed by atoms with Crippen molar-refractivity contribution in [3.8, 4) is 11.6 Å². The van der Waals surface area contributed by atoms with E-state index in [9.17, 15) is 4.39 Å². The molecule has 0 unspecified atom stereocenters. The van der Waals surface area contributed by atoms with E-state index in [2.05, 4.69) is 25.7 Å². The zero-order valence-electron chi connectivity index (χ0n) is 16.8. The van der Waals surface area contributed by atoms with Gasteiger partial charge in [0.1, 0.15) is 11.6 Å². The fourth-order valence-electron chi connectivity index (χ4n) is 2.67. The van der Waals surface area contributed by atoms with Gasteiger partial charge in [0, 0.05) is 49.9 Å². The van der Waals surface area contributed by atoms with Crippen LogP contribution in [0.3, 0.4) is 0 Å². The first-order valence-electron chi connectivity index (χ1n) is 9.61. The molecule has 3 aromatic rings. The number of guanidine groups is 1. The molecule has 30 heavy (non-hydrogen) atoms. The lowest BCUT2D eigenvalue weighted by Gasteiger charge is -2.12. The number of rotatable bonds is 9. The van der Waals surface area contributed by atoms with Crippen LogP contribution in [0.1, 0.15) is 18.9 Å². The summed E-state index contributed by atoms with van der Waals surface area (Å²) in [6.45, 7) is 4.76. The van der Waals surface area contributed by atoms with Gasteiger partial charge in [-0.2, -0.15) is 5.10 Å². The molecular formula is C21H26FIN6O.